The smallest absolute Gasteiger partial charge is 0.156 e. The van der Waals surface area contributed by atoms with Crippen LogP contribution in [0.15, 0.2) is 12.1 Å². The van der Waals surface area contributed by atoms with Gasteiger partial charge in [-0.15, -0.1) is 5.10 Å². The standard InChI is InChI=1S/C14H20N4O/c1-9-15-10(2)18(17-9)13-7-11(8-19)6-12(16-13)14(3,4)5/h6-7,19H,8H2,1-5H3. The molecule has 2 rings (SSSR count). The van der Waals surface area contributed by atoms with Gasteiger partial charge in [0.1, 0.15) is 11.6 Å². The summed E-state index contributed by atoms with van der Waals surface area (Å²) in [5, 5.41) is 13.7. The van der Waals surface area contributed by atoms with E-state index in [2.05, 4.69) is 35.8 Å². The Morgan fingerprint density at radius 2 is 1.84 bits per heavy atom. The fourth-order valence-corrected chi connectivity index (χ4v) is 1.89. The Labute approximate surface area is 113 Å². The highest BCUT2D eigenvalue weighted by atomic mass is 16.3. The highest BCUT2D eigenvalue weighted by molar-refractivity contribution is 5.33. The zero-order chi connectivity index (χ0) is 14.2. The number of pyridine rings is 1. The second-order valence-corrected chi connectivity index (χ2v) is 5.74. The Morgan fingerprint density at radius 1 is 1.16 bits per heavy atom. The summed E-state index contributed by atoms with van der Waals surface area (Å²) in [6.07, 6.45) is 0. The number of rotatable bonds is 2. The van der Waals surface area contributed by atoms with Gasteiger partial charge in [-0.05, 0) is 31.5 Å². The van der Waals surface area contributed by atoms with Crippen LogP contribution in [-0.4, -0.2) is 24.9 Å². The quantitative estimate of drug-likeness (QED) is 0.897. The maximum Gasteiger partial charge on any atom is 0.156 e. The van der Waals surface area contributed by atoms with Crippen LogP contribution in [0.1, 0.15) is 43.7 Å². The normalized spacial score (nSPS) is 11.9. The van der Waals surface area contributed by atoms with Crippen LogP contribution in [-0.2, 0) is 12.0 Å². The second kappa shape index (κ2) is 4.74. The van der Waals surface area contributed by atoms with E-state index in [0.29, 0.717) is 11.6 Å². The van der Waals surface area contributed by atoms with Gasteiger partial charge in [0.05, 0.1) is 6.61 Å². The van der Waals surface area contributed by atoms with Crippen LogP contribution in [0.3, 0.4) is 0 Å². The molecule has 19 heavy (non-hydrogen) atoms. The largest absolute Gasteiger partial charge is 0.392 e. The lowest BCUT2D eigenvalue weighted by atomic mass is 9.91. The molecule has 0 aliphatic carbocycles. The fourth-order valence-electron chi connectivity index (χ4n) is 1.89. The Bertz CT molecular complexity index is 596. The van der Waals surface area contributed by atoms with Crippen LogP contribution in [0.25, 0.3) is 5.82 Å². The second-order valence-electron chi connectivity index (χ2n) is 5.74. The zero-order valence-electron chi connectivity index (χ0n) is 12.1. The maximum absolute atomic E-state index is 9.40. The van der Waals surface area contributed by atoms with E-state index < -0.39 is 0 Å². The van der Waals surface area contributed by atoms with Crippen molar-refractivity contribution in [1.82, 2.24) is 19.7 Å². The van der Waals surface area contributed by atoms with Gasteiger partial charge in [-0.25, -0.2) is 9.97 Å². The van der Waals surface area contributed by atoms with Crippen molar-refractivity contribution in [2.24, 2.45) is 0 Å². The van der Waals surface area contributed by atoms with E-state index in [0.717, 1.165) is 17.1 Å². The maximum atomic E-state index is 9.40. The van der Waals surface area contributed by atoms with Crippen LogP contribution in [0.5, 0.6) is 0 Å². The first-order chi connectivity index (χ1) is 8.81. The molecule has 0 radical (unpaired) electrons. The summed E-state index contributed by atoms with van der Waals surface area (Å²) >= 11 is 0. The van der Waals surface area contributed by atoms with Crippen molar-refractivity contribution in [1.29, 1.82) is 0 Å². The number of hydrogen-bond donors (Lipinski definition) is 1. The van der Waals surface area contributed by atoms with Crippen LogP contribution in [0.2, 0.25) is 0 Å². The monoisotopic (exact) mass is 260 g/mol. The Balaban J connectivity index is 2.60. The molecule has 0 amide bonds. The molecule has 1 N–H and O–H groups in total. The van der Waals surface area contributed by atoms with E-state index >= 15 is 0 Å². The van der Waals surface area contributed by atoms with Gasteiger partial charge < -0.3 is 5.11 Å². The SMILES string of the molecule is Cc1nc(C)n(-c2cc(CO)cc(C(C)(C)C)n2)n1. The van der Waals surface area contributed by atoms with Gasteiger partial charge in [-0.3, -0.25) is 0 Å². The minimum atomic E-state index is -0.0799. The molecule has 102 valence electrons. The fraction of sp³-hybridized carbons (Fsp3) is 0.500. The van der Waals surface area contributed by atoms with E-state index in [9.17, 15) is 5.11 Å². The summed E-state index contributed by atoms with van der Waals surface area (Å²) in [7, 11) is 0. The lowest BCUT2D eigenvalue weighted by Gasteiger charge is -2.19. The third kappa shape index (κ3) is 2.81. The minimum absolute atomic E-state index is 0.00860. The zero-order valence-corrected chi connectivity index (χ0v) is 12.1. The first-order valence-corrected chi connectivity index (χ1v) is 6.34. The third-order valence-corrected chi connectivity index (χ3v) is 2.91. The molecular formula is C14H20N4O. The van der Waals surface area contributed by atoms with Crippen LogP contribution in [0.4, 0.5) is 0 Å². The van der Waals surface area contributed by atoms with Crippen LogP contribution >= 0.6 is 0 Å². The molecule has 0 unspecified atom stereocenters. The molecule has 0 saturated carbocycles. The summed E-state index contributed by atoms with van der Waals surface area (Å²) in [6.45, 7) is 10.0. The molecule has 2 aromatic heterocycles. The molecule has 0 spiro atoms. The lowest BCUT2D eigenvalue weighted by Crippen LogP contribution is -2.16. The summed E-state index contributed by atoms with van der Waals surface area (Å²) in [6, 6.07) is 3.78. The summed E-state index contributed by atoms with van der Waals surface area (Å²) in [4.78, 5) is 8.93. The van der Waals surface area contributed by atoms with Gasteiger partial charge in [0.2, 0.25) is 0 Å². The molecule has 0 aliphatic heterocycles. The molecule has 0 aromatic carbocycles. The van der Waals surface area contributed by atoms with Crippen molar-refractivity contribution < 1.29 is 5.11 Å². The van der Waals surface area contributed by atoms with Gasteiger partial charge in [0.15, 0.2) is 5.82 Å². The van der Waals surface area contributed by atoms with E-state index in [4.69, 9.17) is 0 Å². The van der Waals surface area contributed by atoms with Crippen molar-refractivity contribution in [2.45, 2.75) is 46.6 Å². The number of nitrogens with zero attached hydrogens (tertiary/aromatic N) is 4. The Morgan fingerprint density at radius 3 is 2.32 bits per heavy atom. The van der Waals surface area contributed by atoms with Gasteiger partial charge in [-0.2, -0.15) is 4.68 Å². The van der Waals surface area contributed by atoms with Gasteiger partial charge in [0, 0.05) is 11.1 Å². The summed E-state index contributed by atoms with van der Waals surface area (Å²) < 4.78 is 1.71. The Hall–Kier alpha value is -1.75. The average Bonchev–Trinajstić information content (AvgIpc) is 2.66. The van der Waals surface area contributed by atoms with Crippen LogP contribution < -0.4 is 0 Å². The number of aryl methyl sites for hydroxylation is 2. The lowest BCUT2D eigenvalue weighted by molar-refractivity contribution is 0.281. The first kappa shape index (κ1) is 13.7. The molecule has 5 heteroatoms. The summed E-state index contributed by atoms with van der Waals surface area (Å²) in [5.74, 6) is 2.21. The van der Waals surface area contributed by atoms with Crippen LogP contribution in [0, 0.1) is 13.8 Å². The topological polar surface area (TPSA) is 63.8 Å². The number of aliphatic hydroxyl groups excluding tert-OH is 1. The molecule has 2 heterocycles. The van der Waals surface area contributed by atoms with Gasteiger partial charge >= 0.3 is 0 Å². The van der Waals surface area contributed by atoms with E-state index in [1.54, 1.807) is 4.68 Å². The van der Waals surface area contributed by atoms with Crippen molar-refractivity contribution in [3.05, 3.63) is 35.0 Å². The van der Waals surface area contributed by atoms with E-state index in [1.807, 2.05) is 26.0 Å². The average molecular weight is 260 g/mol. The number of aromatic nitrogens is 4. The van der Waals surface area contributed by atoms with Crippen molar-refractivity contribution in [3.63, 3.8) is 0 Å². The Kier molecular flexibility index (Phi) is 3.41. The van der Waals surface area contributed by atoms with Crippen molar-refractivity contribution in [3.8, 4) is 5.82 Å². The minimum Gasteiger partial charge on any atom is -0.392 e. The molecule has 0 aliphatic rings. The molecule has 0 atom stereocenters. The predicted octanol–water partition coefficient (Wildman–Crippen LogP) is 2.07. The van der Waals surface area contributed by atoms with E-state index in [1.165, 1.54) is 0 Å². The van der Waals surface area contributed by atoms with Gasteiger partial charge in [-0.1, -0.05) is 20.8 Å². The molecule has 0 fully saturated rings. The summed E-state index contributed by atoms with van der Waals surface area (Å²) in [5.41, 5.74) is 1.69. The molecular weight excluding hydrogens is 240 g/mol. The number of hydrogen-bond acceptors (Lipinski definition) is 4. The third-order valence-electron chi connectivity index (χ3n) is 2.91. The number of aliphatic hydroxyl groups is 1. The highest BCUT2D eigenvalue weighted by Crippen LogP contribution is 2.23. The van der Waals surface area contributed by atoms with Gasteiger partial charge in [0.25, 0.3) is 0 Å². The van der Waals surface area contributed by atoms with Crippen molar-refractivity contribution in [2.75, 3.05) is 0 Å². The highest BCUT2D eigenvalue weighted by Gasteiger charge is 2.18. The van der Waals surface area contributed by atoms with E-state index in [-0.39, 0.29) is 12.0 Å². The van der Waals surface area contributed by atoms with Crippen molar-refractivity contribution >= 4 is 0 Å². The molecule has 2 aromatic rings. The predicted molar refractivity (Wildman–Crippen MR) is 73.3 cm³/mol. The molecule has 0 bridgehead atoms. The first-order valence-electron chi connectivity index (χ1n) is 6.34. The molecule has 5 nitrogen and oxygen atoms in total. The molecule has 0 saturated heterocycles.